The van der Waals surface area contributed by atoms with Crippen LogP contribution in [0.1, 0.15) is 68.7 Å². The van der Waals surface area contributed by atoms with Crippen molar-refractivity contribution in [2.75, 3.05) is 0 Å². The first kappa shape index (κ1) is 21.8. The number of aryl methyl sites for hydroxylation is 1. The largest absolute Gasteiger partial charge is 0.444 e. The van der Waals surface area contributed by atoms with Crippen molar-refractivity contribution in [3.05, 3.63) is 77.5 Å². The highest BCUT2D eigenvalue weighted by Gasteiger charge is 2.30. The van der Waals surface area contributed by atoms with Crippen LogP contribution in [0.2, 0.25) is 0 Å². The van der Waals surface area contributed by atoms with Gasteiger partial charge in [0.05, 0.1) is 11.7 Å². The molecule has 1 atom stereocenters. The van der Waals surface area contributed by atoms with Crippen LogP contribution in [0.25, 0.3) is 28.2 Å². The molecule has 2 aliphatic carbocycles. The van der Waals surface area contributed by atoms with Crippen LogP contribution in [0.4, 0.5) is 4.79 Å². The van der Waals surface area contributed by atoms with Gasteiger partial charge >= 0.3 is 6.09 Å². The van der Waals surface area contributed by atoms with Gasteiger partial charge in [0.15, 0.2) is 5.65 Å². The third-order valence-electron chi connectivity index (χ3n) is 6.80. The van der Waals surface area contributed by atoms with Crippen LogP contribution in [0.15, 0.2) is 60.8 Å². The molecule has 0 radical (unpaired) electrons. The van der Waals surface area contributed by atoms with E-state index in [1.54, 1.807) is 0 Å². The molecule has 1 fully saturated rings. The SMILES string of the molecule is CC(C)(C)OC(=O)N[C@H]1CCc2cc(-c3nc4c(C5CC5)ccnn4c3-c3ccccc3)ccc21. The monoisotopic (exact) mass is 466 g/mol. The zero-order chi connectivity index (χ0) is 24.2. The number of nitrogens with one attached hydrogen (secondary N) is 1. The minimum absolute atomic E-state index is 0.0355. The summed E-state index contributed by atoms with van der Waals surface area (Å²) in [6.45, 7) is 5.64. The fourth-order valence-corrected chi connectivity index (χ4v) is 5.10. The van der Waals surface area contributed by atoms with Crippen LogP contribution in [-0.4, -0.2) is 26.3 Å². The Bertz CT molecular complexity index is 1410. The van der Waals surface area contributed by atoms with Crippen LogP contribution in [-0.2, 0) is 11.2 Å². The van der Waals surface area contributed by atoms with Crippen LogP contribution >= 0.6 is 0 Å². The van der Waals surface area contributed by atoms with E-state index >= 15 is 0 Å². The standard InChI is InChI=1S/C29H30N4O2/c1-29(2,3)35-28(34)31-24-14-12-20-17-21(11-13-22(20)24)25-26(19-7-5-4-6-8-19)33-27(32-25)23(15-16-30-33)18-9-10-18/h4-8,11,13,15-18,24H,9-10,12,14H2,1-3H3,(H,31,34)/t24-/m0/s1. The molecule has 2 aromatic carbocycles. The van der Waals surface area contributed by atoms with Gasteiger partial charge in [0, 0.05) is 22.9 Å². The van der Waals surface area contributed by atoms with E-state index in [4.69, 9.17) is 14.8 Å². The maximum absolute atomic E-state index is 12.4. The Morgan fingerprint density at radius 1 is 1.00 bits per heavy atom. The van der Waals surface area contributed by atoms with Gasteiger partial charge < -0.3 is 10.1 Å². The summed E-state index contributed by atoms with van der Waals surface area (Å²) in [5.41, 5.74) is 8.26. The summed E-state index contributed by atoms with van der Waals surface area (Å²) in [7, 11) is 0. The summed E-state index contributed by atoms with van der Waals surface area (Å²) in [6, 6.07) is 18.9. The summed E-state index contributed by atoms with van der Waals surface area (Å²) >= 11 is 0. The van der Waals surface area contributed by atoms with Gasteiger partial charge in [0.2, 0.25) is 0 Å². The van der Waals surface area contributed by atoms with E-state index in [1.165, 1.54) is 24.0 Å². The van der Waals surface area contributed by atoms with E-state index in [2.05, 4.69) is 53.8 Å². The van der Waals surface area contributed by atoms with Gasteiger partial charge in [-0.25, -0.2) is 14.3 Å². The van der Waals surface area contributed by atoms with Gasteiger partial charge in [-0.15, -0.1) is 0 Å². The summed E-state index contributed by atoms with van der Waals surface area (Å²) in [4.78, 5) is 17.5. The van der Waals surface area contributed by atoms with Crippen molar-refractivity contribution in [2.45, 2.75) is 64.0 Å². The third kappa shape index (κ3) is 4.18. The van der Waals surface area contributed by atoms with Gasteiger partial charge in [-0.05, 0) is 75.6 Å². The number of amides is 1. The maximum Gasteiger partial charge on any atom is 0.408 e. The van der Waals surface area contributed by atoms with Gasteiger partial charge in [-0.2, -0.15) is 5.10 Å². The molecule has 1 N–H and O–H groups in total. The van der Waals surface area contributed by atoms with Crippen molar-refractivity contribution >= 4 is 11.7 Å². The van der Waals surface area contributed by atoms with Crippen LogP contribution in [0.5, 0.6) is 0 Å². The highest BCUT2D eigenvalue weighted by Crippen LogP contribution is 2.44. The first-order valence-electron chi connectivity index (χ1n) is 12.4. The molecule has 2 aromatic heterocycles. The molecule has 6 heteroatoms. The van der Waals surface area contributed by atoms with E-state index in [1.807, 2.05) is 37.5 Å². The number of hydrogen-bond acceptors (Lipinski definition) is 4. The number of aromatic nitrogens is 3. The molecule has 178 valence electrons. The van der Waals surface area contributed by atoms with Gasteiger partial charge in [0.25, 0.3) is 0 Å². The fraction of sp³-hybridized carbons (Fsp3) is 0.345. The fourth-order valence-electron chi connectivity index (χ4n) is 5.10. The second-order valence-electron chi connectivity index (χ2n) is 10.6. The van der Waals surface area contributed by atoms with Crippen molar-refractivity contribution in [2.24, 2.45) is 0 Å². The number of rotatable bonds is 4. The van der Waals surface area contributed by atoms with Crippen molar-refractivity contribution < 1.29 is 9.53 Å². The van der Waals surface area contributed by atoms with E-state index in [0.29, 0.717) is 5.92 Å². The topological polar surface area (TPSA) is 68.5 Å². The molecule has 2 aliphatic rings. The highest BCUT2D eigenvalue weighted by atomic mass is 16.6. The van der Waals surface area contributed by atoms with Gasteiger partial charge in [0.1, 0.15) is 11.3 Å². The van der Waals surface area contributed by atoms with E-state index in [9.17, 15) is 4.79 Å². The molecule has 0 saturated heterocycles. The predicted octanol–water partition coefficient (Wildman–Crippen LogP) is 6.45. The van der Waals surface area contributed by atoms with E-state index in [0.717, 1.165) is 46.6 Å². The molecule has 2 heterocycles. The van der Waals surface area contributed by atoms with Crippen molar-refractivity contribution in [1.82, 2.24) is 19.9 Å². The first-order chi connectivity index (χ1) is 16.9. The van der Waals surface area contributed by atoms with Crippen molar-refractivity contribution in [3.8, 4) is 22.5 Å². The predicted molar refractivity (Wildman–Crippen MR) is 136 cm³/mol. The molecular formula is C29H30N4O2. The Balaban J connectivity index is 1.40. The average Bonchev–Trinajstić information content (AvgIpc) is 3.49. The van der Waals surface area contributed by atoms with Crippen molar-refractivity contribution in [1.29, 1.82) is 0 Å². The number of carbonyl (C=O) groups is 1. The molecule has 4 aromatic rings. The maximum atomic E-state index is 12.4. The number of carbonyl (C=O) groups excluding carboxylic acids is 1. The lowest BCUT2D eigenvalue weighted by Crippen LogP contribution is -2.34. The molecule has 6 rings (SSSR count). The van der Waals surface area contributed by atoms with E-state index < -0.39 is 5.60 Å². The third-order valence-corrected chi connectivity index (χ3v) is 6.80. The van der Waals surface area contributed by atoms with Crippen LogP contribution in [0.3, 0.4) is 0 Å². The Labute approximate surface area is 205 Å². The normalized spacial score (nSPS) is 17.4. The molecule has 6 nitrogen and oxygen atoms in total. The van der Waals surface area contributed by atoms with Crippen molar-refractivity contribution in [3.63, 3.8) is 0 Å². The Hall–Kier alpha value is -3.67. The number of ether oxygens (including phenoxy) is 1. The summed E-state index contributed by atoms with van der Waals surface area (Å²) in [6.07, 6.45) is 5.73. The molecule has 1 saturated carbocycles. The number of fused-ring (bicyclic) bond motifs is 2. The zero-order valence-electron chi connectivity index (χ0n) is 20.4. The van der Waals surface area contributed by atoms with E-state index in [-0.39, 0.29) is 12.1 Å². The van der Waals surface area contributed by atoms with Gasteiger partial charge in [-0.3, -0.25) is 0 Å². The Morgan fingerprint density at radius 2 is 1.80 bits per heavy atom. The van der Waals surface area contributed by atoms with Gasteiger partial charge in [-0.1, -0.05) is 42.5 Å². The number of nitrogens with zero attached hydrogens (tertiary/aromatic N) is 3. The minimum Gasteiger partial charge on any atom is -0.444 e. The molecule has 0 aliphatic heterocycles. The second kappa shape index (κ2) is 8.22. The number of hydrogen-bond donors (Lipinski definition) is 1. The highest BCUT2D eigenvalue weighted by molar-refractivity contribution is 5.83. The molecule has 0 spiro atoms. The molecule has 0 unspecified atom stereocenters. The van der Waals surface area contributed by atoms with Crippen LogP contribution in [0, 0.1) is 0 Å². The smallest absolute Gasteiger partial charge is 0.408 e. The molecular weight excluding hydrogens is 436 g/mol. The number of alkyl carbamates (subject to hydrolysis) is 1. The first-order valence-corrected chi connectivity index (χ1v) is 12.4. The lowest BCUT2D eigenvalue weighted by Gasteiger charge is -2.22. The van der Waals surface area contributed by atoms with Crippen LogP contribution < -0.4 is 5.32 Å². The molecule has 35 heavy (non-hydrogen) atoms. The number of benzene rings is 2. The molecule has 1 amide bonds. The number of imidazole rings is 1. The average molecular weight is 467 g/mol. The summed E-state index contributed by atoms with van der Waals surface area (Å²) in [5.74, 6) is 0.582. The lowest BCUT2D eigenvalue weighted by atomic mass is 10.00. The zero-order valence-corrected chi connectivity index (χ0v) is 20.4. The summed E-state index contributed by atoms with van der Waals surface area (Å²) in [5, 5.41) is 7.76. The Morgan fingerprint density at radius 3 is 2.54 bits per heavy atom. The second-order valence-corrected chi connectivity index (χ2v) is 10.6. The molecule has 0 bridgehead atoms. The Kier molecular flexibility index (Phi) is 5.13. The minimum atomic E-state index is -0.514. The quantitative estimate of drug-likeness (QED) is 0.375. The summed E-state index contributed by atoms with van der Waals surface area (Å²) < 4.78 is 7.48. The lowest BCUT2D eigenvalue weighted by molar-refractivity contribution is 0.0503.